The predicted molar refractivity (Wildman–Crippen MR) is 153 cm³/mol. The lowest BCUT2D eigenvalue weighted by Gasteiger charge is -2.15. The van der Waals surface area contributed by atoms with Gasteiger partial charge in [0.1, 0.15) is 6.29 Å². The fourth-order valence-corrected chi connectivity index (χ4v) is 3.41. The van der Waals surface area contributed by atoms with Gasteiger partial charge >= 0.3 is 17.9 Å². The van der Waals surface area contributed by atoms with Crippen LogP contribution >= 0.6 is 0 Å². The van der Waals surface area contributed by atoms with E-state index < -0.39 is 24.3 Å². The van der Waals surface area contributed by atoms with E-state index in [2.05, 4.69) is 26.3 Å². The van der Waals surface area contributed by atoms with Crippen LogP contribution in [0.4, 0.5) is 8.78 Å². The number of halogens is 2. The Kier molecular flexibility index (Phi) is 12.3. The van der Waals surface area contributed by atoms with E-state index in [1.165, 1.54) is 49.6 Å². The van der Waals surface area contributed by atoms with Gasteiger partial charge in [-0.05, 0) is 58.7 Å². The van der Waals surface area contributed by atoms with Crippen LogP contribution in [0.15, 0.2) is 105 Å². The van der Waals surface area contributed by atoms with Gasteiger partial charge in [0.2, 0.25) is 0 Å². The van der Waals surface area contributed by atoms with E-state index in [-0.39, 0.29) is 39.7 Å². The van der Waals surface area contributed by atoms with Gasteiger partial charge in [0.25, 0.3) is 6.43 Å². The molecule has 0 bridgehead atoms. The molecule has 0 aliphatic heterocycles. The fraction of sp³-hybridized carbons (Fsp3) is 0.0625. The molecule has 42 heavy (non-hydrogen) atoms. The predicted octanol–water partition coefficient (Wildman–Crippen LogP) is 6.61. The van der Waals surface area contributed by atoms with Crippen LogP contribution in [0.3, 0.4) is 0 Å². The minimum Gasteiger partial charge on any atom is -0.493 e. The maximum atomic E-state index is 14.2. The van der Waals surface area contributed by atoms with Crippen molar-refractivity contribution in [3.63, 3.8) is 0 Å². The van der Waals surface area contributed by atoms with Crippen molar-refractivity contribution in [2.24, 2.45) is 0 Å². The van der Waals surface area contributed by atoms with E-state index in [4.69, 9.17) is 23.7 Å². The standard InChI is InChI=1S/C29H22F2O7.C3H4O/c1-5-26(32)36-23-13-10-19(16-25(23)38-28(34)7-3)20-11-8-17(14-21(20)29(30)31)18-9-12-22(35-4)24(15-18)37-27(33)6-2;1-2-3-4/h5-16,29H,1-3H2,4H3;2-3H,1H2. The highest BCUT2D eigenvalue weighted by atomic mass is 19.3. The highest BCUT2D eigenvalue weighted by Crippen LogP contribution is 2.40. The second kappa shape index (κ2) is 15.8. The van der Waals surface area contributed by atoms with Crippen molar-refractivity contribution in [1.29, 1.82) is 0 Å². The van der Waals surface area contributed by atoms with Gasteiger partial charge < -0.3 is 18.9 Å². The van der Waals surface area contributed by atoms with Gasteiger partial charge in [-0.2, -0.15) is 0 Å². The van der Waals surface area contributed by atoms with Crippen LogP contribution in [-0.2, 0) is 19.2 Å². The molecular weight excluding hydrogens is 550 g/mol. The summed E-state index contributed by atoms with van der Waals surface area (Å²) in [5.41, 5.74) is 0.996. The summed E-state index contributed by atoms with van der Waals surface area (Å²) in [5, 5.41) is 0. The minimum absolute atomic E-state index is 0.0934. The Morgan fingerprint density at radius 2 is 1.10 bits per heavy atom. The molecule has 8 nitrogen and oxygen atoms in total. The summed E-state index contributed by atoms with van der Waals surface area (Å²) in [4.78, 5) is 44.2. The molecule has 0 aliphatic carbocycles. The van der Waals surface area contributed by atoms with Crippen molar-refractivity contribution in [2.45, 2.75) is 6.43 Å². The van der Waals surface area contributed by atoms with Crippen molar-refractivity contribution in [3.8, 4) is 45.3 Å². The number of aldehydes is 1. The SMILES string of the molecule is C=CC(=O)Oc1cc(-c2ccc(-c3ccc(OC(=O)C=C)c(OC(=O)C=C)c3)c(C(F)F)c2)ccc1OC.C=CC=O. The maximum absolute atomic E-state index is 14.2. The van der Waals surface area contributed by atoms with E-state index >= 15 is 0 Å². The number of rotatable bonds is 11. The largest absolute Gasteiger partial charge is 0.493 e. The first kappa shape index (κ1) is 32.6. The molecule has 0 N–H and O–H groups in total. The molecule has 0 saturated heterocycles. The van der Waals surface area contributed by atoms with E-state index in [1.54, 1.807) is 18.2 Å². The van der Waals surface area contributed by atoms with Crippen LogP contribution in [0.1, 0.15) is 12.0 Å². The molecule has 0 aliphatic rings. The Balaban J connectivity index is 0.00000144. The van der Waals surface area contributed by atoms with Crippen LogP contribution in [0.2, 0.25) is 0 Å². The number of ether oxygens (including phenoxy) is 4. The number of allylic oxidation sites excluding steroid dienone is 1. The normalized spacial score (nSPS) is 9.81. The summed E-state index contributed by atoms with van der Waals surface area (Å²) >= 11 is 0. The van der Waals surface area contributed by atoms with Crippen molar-refractivity contribution in [2.75, 3.05) is 7.11 Å². The molecule has 0 amide bonds. The molecule has 0 spiro atoms. The van der Waals surface area contributed by atoms with Crippen molar-refractivity contribution >= 4 is 24.2 Å². The zero-order chi connectivity index (χ0) is 31.2. The number of methoxy groups -OCH3 is 1. The van der Waals surface area contributed by atoms with Crippen molar-refractivity contribution < 1.29 is 46.9 Å². The second-order valence-electron chi connectivity index (χ2n) is 7.88. The highest BCUT2D eigenvalue weighted by molar-refractivity contribution is 5.87. The van der Waals surface area contributed by atoms with E-state index in [1.807, 2.05) is 0 Å². The van der Waals surface area contributed by atoms with Gasteiger partial charge in [-0.15, -0.1) is 0 Å². The average molecular weight is 577 g/mol. The average Bonchev–Trinajstić information content (AvgIpc) is 3.01. The molecular formula is C32H26F2O8. The Hall–Kier alpha value is -5.64. The van der Waals surface area contributed by atoms with Gasteiger partial charge in [0, 0.05) is 23.8 Å². The third-order valence-corrected chi connectivity index (χ3v) is 5.27. The molecule has 3 rings (SSSR count). The number of alkyl halides is 2. The first-order valence-electron chi connectivity index (χ1n) is 12.0. The Labute approximate surface area is 240 Å². The topological polar surface area (TPSA) is 105 Å². The van der Waals surface area contributed by atoms with Gasteiger partial charge in [-0.3, -0.25) is 4.79 Å². The summed E-state index contributed by atoms with van der Waals surface area (Å²) in [5.74, 6) is -2.26. The smallest absolute Gasteiger partial charge is 0.335 e. The summed E-state index contributed by atoms with van der Waals surface area (Å²) in [7, 11) is 1.40. The number of carbonyl (C=O) groups excluding carboxylic acids is 4. The molecule has 0 radical (unpaired) electrons. The Bertz CT molecular complexity index is 1520. The number of hydrogen-bond acceptors (Lipinski definition) is 8. The zero-order valence-electron chi connectivity index (χ0n) is 22.5. The van der Waals surface area contributed by atoms with Crippen LogP contribution < -0.4 is 18.9 Å². The molecule has 0 atom stereocenters. The first-order valence-corrected chi connectivity index (χ1v) is 12.0. The van der Waals surface area contributed by atoms with Crippen molar-refractivity contribution in [1.82, 2.24) is 0 Å². The molecule has 0 heterocycles. The fourth-order valence-electron chi connectivity index (χ4n) is 3.41. The second-order valence-corrected chi connectivity index (χ2v) is 7.88. The third kappa shape index (κ3) is 8.68. The molecule has 0 aromatic heterocycles. The molecule has 3 aromatic carbocycles. The first-order chi connectivity index (χ1) is 20.1. The molecule has 3 aromatic rings. The van der Waals surface area contributed by atoms with E-state index in [9.17, 15) is 23.2 Å². The lowest BCUT2D eigenvalue weighted by Crippen LogP contribution is -2.08. The van der Waals surface area contributed by atoms with Crippen LogP contribution in [0, 0.1) is 0 Å². The van der Waals surface area contributed by atoms with Gasteiger partial charge in [-0.1, -0.05) is 50.6 Å². The Morgan fingerprint density at radius 3 is 1.60 bits per heavy atom. The third-order valence-electron chi connectivity index (χ3n) is 5.27. The van der Waals surface area contributed by atoms with Crippen molar-refractivity contribution in [3.05, 3.63) is 111 Å². The molecule has 10 heteroatoms. The lowest BCUT2D eigenvalue weighted by molar-refractivity contribution is -0.131. The Morgan fingerprint density at radius 1 is 0.667 bits per heavy atom. The van der Waals surface area contributed by atoms with Gasteiger partial charge in [-0.25, -0.2) is 23.2 Å². The van der Waals surface area contributed by atoms with Gasteiger partial charge in [0.05, 0.1) is 7.11 Å². The number of esters is 3. The monoisotopic (exact) mass is 576 g/mol. The lowest BCUT2D eigenvalue weighted by atomic mass is 9.94. The molecule has 0 fully saturated rings. The minimum atomic E-state index is -2.88. The molecule has 0 unspecified atom stereocenters. The molecule has 216 valence electrons. The number of benzene rings is 3. The molecule has 0 saturated carbocycles. The maximum Gasteiger partial charge on any atom is 0.335 e. The number of hydrogen-bond donors (Lipinski definition) is 0. The van der Waals surface area contributed by atoms with Crippen LogP contribution in [-0.4, -0.2) is 31.3 Å². The zero-order valence-corrected chi connectivity index (χ0v) is 22.5. The van der Waals surface area contributed by atoms with Crippen LogP contribution in [0.25, 0.3) is 22.3 Å². The summed E-state index contributed by atoms with van der Waals surface area (Å²) in [6.07, 6.45) is 1.77. The summed E-state index contributed by atoms with van der Waals surface area (Å²) in [6.45, 7) is 13.1. The highest BCUT2D eigenvalue weighted by Gasteiger charge is 2.20. The number of carbonyl (C=O) groups is 4. The summed E-state index contributed by atoms with van der Waals surface area (Å²) < 4.78 is 49.0. The quantitative estimate of drug-likeness (QED) is 0.109. The van der Waals surface area contributed by atoms with E-state index in [0.717, 1.165) is 18.2 Å². The summed E-state index contributed by atoms with van der Waals surface area (Å²) in [6, 6.07) is 13.1. The van der Waals surface area contributed by atoms with E-state index in [0.29, 0.717) is 17.4 Å². The van der Waals surface area contributed by atoms with Gasteiger partial charge in [0.15, 0.2) is 23.0 Å². The van der Waals surface area contributed by atoms with Crippen LogP contribution in [0.5, 0.6) is 23.0 Å².